The molecule has 104 valence electrons. The quantitative estimate of drug-likeness (QED) is 0.788. The van der Waals surface area contributed by atoms with Gasteiger partial charge in [0.25, 0.3) is 0 Å². The van der Waals surface area contributed by atoms with Crippen LogP contribution >= 0.6 is 0 Å². The third kappa shape index (κ3) is 4.35. The molecule has 0 aromatic heterocycles. The first-order valence-electron chi connectivity index (χ1n) is 6.02. The molecule has 0 radical (unpaired) electrons. The van der Waals surface area contributed by atoms with E-state index in [0.29, 0.717) is 0 Å². The fourth-order valence-electron chi connectivity index (χ4n) is 1.37. The molecule has 0 N–H and O–H groups in total. The molecule has 4 nitrogen and oxygen atoms in total. The van der Waals surface area contributed by atoms with Gasteiger partial charge in [-0.25, -0.2) is 14.0 Å². The highest BCUT2D eigenvalue weighted by Crippen LogP contribution is 2.14. The van der Waals surface area contributed by atoms with Crippen LogP contribution in [0.15, 0.2) is 18.2 Å². The van der Waals surface area contributed by atoms with Crippen molar-refractivity contribution in [1.82, 2.24) is 0 Å². The van der Waals surface area contributed by atoms with E-state index in [1.54, 1.807) is 27.7 Å². The summed E-state index contributed by atoms with van der Waals surface area (Å²) in [6.07, 6.45) is -0.626. The lowest BCUT2D eigenvalue weighted by Gasteiger charge is -2.10. The summed E-state index contributed by atoms with van der Waals surface area (Å²) in [4.78, 5) is 23.1. The largest absolute Gasteiger partial charge is 0.459 e. The summed E-state index contributed by atoms with van der Waals surface area (Å²) in [7, 11) is 0. The van der Waals surface area contributed by atoms with Crippen molar-refractivity contribution < 1.29 is 23.5 Å². The van der Waals surface area contributed by atoms with Crippen LogP contribution in [0.5, 0.6) is 0 Å². The average molecular weight is 268 g/mol. The summed E-state index contributed by atoms with van der Waals surface area (Å²) in [5.41, 5.74) is -0.137. The first-order valence-corrected chi connectivity index (χ1v) is 6.02. The van der Waals surface area contributed by atoms with E-state index >= 15 is 0 Å². The number of hydrogen-bond donors (Lipinski definition) is 0. The molecular weight excluding hydrogens is 251 g/mol. The van der Waals surface area contributed by atoms with Crippen molar-refractivity contribution in [2.45, 2.75) is 39.9 Å². The zero-order chi connectivity index (χ0) is 14.6. The van der Waals surface area contributed by atoms with Gasteiger partial charge >= 0.3 is 11.9 Å². The molecule has 0 saturated carbocycles. The number of rotatable bonds is 4. The normalized spacial score (nSPS) is 10.7. The zero-order valence-corrected chi connectivity index (χ0v) is 11.4. The van der Waals surface area contributed by atoms with Gasteiger partial charge in [0.05, 0.1) is 23.3 Å². The summed E-state index contributed by atoms with van der Waals surface area (Å²) in [6.45, 7) is 6.74. The van der Waals surface area contributed by atoms with Gasteiger partial charge < -0.3 is 9.47 Å². The predicted molar refractivity (Wildman–Crippen MR) is 67.5 cm³/mol. The van der Waals surface area contributed by atoms with Crippen molar-refractivity contribution in [2.75, 3.05) is 0 Å². The molecule has 0 unspecified atom stereocenters. The molecule has 0 heterocycles. The number of carbonyl (C=O) groups is 2. The molecule has 0 amide bonds. The van der Waals surface area contributed by atoms with Gasteiger partial charge in [0.2, 0.25) is 0 Å². The minimum Gasteiger partial charge on any atom is -0.459 e. The van der Waals surface area contributed by atoms with Crippen molar-refractivity contribution in [3.8, 4) is 0 Å². The Kier molecular flexibility index (Phi) is 5.03. The van der Waals surface area contributed by atoms with E-state index in [4.69, 9.17) is 9.47 Å². The Labute approximate surface area is 111 Å². The Hall–Kier alpha value is -1.91. The molecule has 0 aliphatic carbocycles. The number of ether oxygens (including phenoxy) is 2. The Morgan fingerprint density at radius 3 is 2.00 bits per heavy atom. The van der Waals surface area contributed by atoms with Gasteiger partial charge in [-0.05, 0) is 45.9 Å². The second-order valence-corrected chi connectivity index (χ2v) is 4.60. The van der Waals surface area contributed by atoms with Crippen molar-refractivity contribution in [2.24, 2.45) is 0 Å². The first kappa shape index (κ1) is 15.1. The van der Waals surface area contributed by atoms with Gasteiger partial charge in [0.15, 0.2) is 0 Å². The van der Waals surface area contributed by atoms with Gasteiger partial charge in [-0.2, -0.15) is 0 Å². The highest BCUT2D eigenvalue weighted by atomic mass is 19.1. The fraction of sp³-hybridized carbons (Fsp3) is 0.429. The smallest absolute Gasteiger partial charge is 0.341 e. The third-order valence-electron chi connectivity index (χ3n) is 2.11. The number of benzene rings is 1. The fourth-order valence-corrected chi connectivity index (χ4v) is 1.37. The number of hydrogen-bond acceptors (Lipinski definition) is 4. The molecule has 0 saturated heterocycles. The number of esters is 2. The van der Waals surface area contributed by atoms with Crippen LogP contribution in [-0.2, 0) is 9.47 Å². The maximum Gasteiger partial charge on any atom is 0.341 e. The molecule has 1 aromatic rings. The topological polar surface area (TPSA) is 52.6 Å². The van der Waals surface area contributed by atoms with E-state index in [2.05, 4.69) is 0 Å². The number of carbonyl (C=O) groups excluding carboxylic acids is 2. The Balaban J connectivity index is 2.91. The summed E-state index contributed by atoms with van der Waals surface area (Å²) in [5.74, 6) is -2.18. The summed E-state index contributed by atoms with van der Waals surface area (Å²) < 4.78 is 23.6. The lowest BCUT2D eigenvalue weighted by Crippen LogP contribution is -2.15. The highest BCUT2D eigenvalue weighted by molar-refractivity contribution is 5.93. The minimum absolute atomic E-state index is 0.0623. The zero-order valence-electron chi connectivity index (χ0n) is 11.4. The van der Waals surface area contributed by atoms with Gasteiger partial charge in [-0.1, -0.05) is 0 Å². The van der Waals surface area contributed by atoms with E-state index in [9.17, 15) is 14.0 Å². The lowest BCUT2D eigenvalue weighted by atomic mass is 10.1. The third-order valence-corrected chi connectivity index (χ3v) is 2.11. The summed E-state index contributed by atoms with van der Waals surface area (Å²) in [6, 6.07) is 3.53. The van der Waals surface area contributed by atoms with Crippen LogP contribution in [0.1, 0.15) is 48.4 Å². The molecule has 0 aliphatic rings. The summed E-state index contributed by atoms with van der Waals surface area (Å²) in [5, 5.41) is 0. The Morgan fingerprint density at radius 2 is 1.53 bits per heavy atom. The molecule has 1 aromatic carbocycles. The molecule has 0 aliphatic heterocycles. The van der Waals surface area contributed by atoms with Crippen molar-refractivity contribution in [1.29, 1.82) is 0 Å². The van der Waals surface area contributed by atoms with Crippen molar-refractivity contribution >= 4 is 11.9 Å². The van der Waals surface area contributed by atoms with Crippen LogP contribution in [0, 0.1) is 5.82 Å². The van der Waals surface area contributed by atoms with E-state index in [1.807, 2.05) is 0 Å². The molecule has 0 fully saturated rings. The molecule has 19 heavy (non-hydrogen) atoms. The molecule has 0 spiro atoms. The predicted octanol–water partition coefficient (Wildman–Crippen LogP) is 2.96. The SMILES string of the molecule is CC(C)OC(=O)c1ccc(C(=O)OC(C)C)c(F)c1. The van der Waals surface area contributed by atoms with Gasteiger partial charge in [0, 0.05) is 0 Å². The molecule has 5 heteroatoms. The first-order chi connectivity index (χ1) is 8.81. The second-order valence-electron chi connectivity index (χ2n) is 4.60. The second kappa shape index (κ2) is 6.31. The van der Waals surface area contributed by atoms with Crippen LogP contribution in [-0.4, -0.2) is 24.1 Å². The Morgan fingerprint density at radius 1 is 1.00 bits per heavy atom. The minimum atomic E-state index is -0.802. The van der Waals surface area contributed by atoms with E-state index in [1.165, 1.54) is 12.1 Å². The Bertz CT molecular complexity index is 480. The monoisotopic (exact) mass is 268 g/mol. The molecule has 0 bridgehead atoms. The van der Waals surface area contributed by atoms with Gasteiger partial charge in [-0.3, -0.25) is 0 Å². The lowest BCUT2D eigenvalue weighted by molar-refractivity contribution is 0.0357. The van der Waals surface area contributed by atoms with Crippen LogP contribution in [0.2, 0.25) is 0 Å². The van der Waals surface area contributed by atoms with E-state index in [0.717, 1.165) is 6.07 Å². The van der Waals surface area contributed by atoms with E-state index < -0.39 is 17.8 Å². The molecule has 1 rings (SSSR count). The van der Waals surface area contributed by atoms with Crippen molar-refractivity contribution in [3.05, 3.63) is 35.1 Å². The van der Waals surface area contributed by atoms with Crippen LogP contribution in [0.3, 0.4) is 0 Å². The van der Waals surface area contributed by atoms with Gasteiger partial charge in [0.1, 0.15) is 5.82 Å². The summed E-state index contributed by atoms with van der Waals surface area (Å²) >= 11 is 0. The van der Waals surface area contributed by atoms with E-state index in [-0.39, 0.29) is 23.3 Å². The van der Waals surface area contributed by atoms with Crippen LogP contribution < -0.4 is 0 Å². The maximum atomic E-state index is 13.7. The van der Waals surface area contributed by atoms with Crippen LogP contribution in [0.25, 0.3) is 0 Å². The average Bonchev–Trinajstić information content (AvgIpc) is 2.26. The van der Waals surface area contributed by atoms with Gasteiger partial charge in [-0.15, -0.1) is 0 Å². The maximum absolute atomic E-state index is 13.7. The van der Waals surface area contributed by atoms with Crippen molar-refractivity contribution in [3.63, 3.8) is 0 Å². The number of halogens is 1. The van der Waals surface area contributed by atoms with Crippen LogP contribution in [0.4, 0.5) is 4.39 Å². The standard InChI is InChI=1S/C14H17FO4/c1-8(2)18-13(16)10-5-6-11(12(15)7-10)14(17)19-9(3)4/h5-9H,1-4H3. The highest BCUT2D eigenvalue weighted by Gasteiger charge is 2.18. The molecule has 0 atom stereocenters. The molecular formula is C14H17FO4.